The number of aromatic nitrogens is 2. The maximum Gasteiger partial charge on any atom is 0.256 e. The molecule has 0 spiro atoms. The molecule has 6 heteroatoms. The molecule has 92 valence electrons. The molecule has 18 heavy (non-hydrogen) atoms. The molecule has 1 heterocycles. The largest absolute Gasteiger partial charge is 0.398 e. The quantitative estimate of drug-likeness (QED) is 0.835. The second-order valence-electron chi connectivity index (χ2n) is 3.75. The standard InChI is InChI=1S/C12H11BrN4O/c1-7-2-3-8(4-9(7)14)12(18)17-11-6-15-10(13)5-16-11/h2-6H,14H2,1H3,(H,16,17,18). The average molecular weight is 307 g/mol. The molecule has 0 saturated heterocycles. The molecule has 0 atom stereocenters. The number of nitrogens with zero attached hydrogens (tertiary/aromatic N) is 2. The smallest absolute Gasteiger partial charge is 0.256 e. The van der Waals surface area contributed by atoms with Crippen LogP contribution < -0.4 is 11.1 Å². The van der Waals surface area contributed by atoms with Gasteiger partial charge in [0, 0.05) is 11.3 Å². The molecule has 0 fully saturated rings. The molecule has 5 nitrogen and oxygen atoms in total. The summed E-state index contributed by atoms with van der Waals surface area (Å²) in [6.07, 6.45) is 2.98. The van der Waals surface area contributed by atoms with Crippen molar-refractivity contribution in [2.24, 2.45) is 0 Å². The Morgan fingerprint density at radius 3 is 2.72 bits per heavy atom. The molecular weight excluding hydrogens is 296 g/mol. The number of nitrogens with two attached hydrogens (primary N) is 1. The second-order valence-corrected chi connectivity index (χ2v) is 4.56. The molecule has 0 saturated carbocycles. The predicted molar refractivity (Wildman–Crippen MR) is 73.3 cm³/mol. The van der Waals surface area contributed by atoms with Crippen LogP contribution in [-0.4, -0.2) is 15.9 Å². The molecule has 0 aliphatic heterocycles. The molecule has 0 radical (unpaired) electrons. The Labute approximate surface area is 113 Å². The van der Waals surface area contributed by atoms with Crippen LogP contribution in [0.25, 0.3) is 0 Å². The molecule has 1 amide bonds. The van der Waals surface area contributed by atoms with Crippen molar-refractivity contribution in [3.63, 3.8) is 0 Å². The van der Waals surface area contributed by atoms with Gasteiger partial charge in [-0.2, -0.15) is 0 Å². The van der Waals surface area contributed by atoms with Gasteiger partial charge in [-0.1, -0.05) is 6.07 Å². The van der Waals surface area contributed by atoms with Crippen molar-refractivity contribution in [1.82, 2.24) is 9.97 Å². The zero-order valence-electron chi connectivity index (χ0n) is 9.64. The Kier molecular flexibility index (Phi) is 3.57. The Bertz CT molecular complexity index is 583. The topological polar surface area (TPSA) is 80.9 Å². The first-order valence-electron chi connectivity index (χ1n) is 5.21. The first-order chi connectivity index (χ1) is 8.56. The highest BCUT2D eigenvalue weighted by Crippen LogP contribution is 2.14. The molecule has 0 bridgehead atoms. The molecule has 0 unspecified atom stereocenters. The minimum atomic E-state index is -0.265. The number of nitrogen functional groups attached to an aromatic ring is 1. The highest BCUT2D eigenvalue weighted by atomic mass is 79.9. The summed E-state index contributed by atoms with van der Waals surface area (Å²) in [5.74, 6) is 0.126. The fraction of sp³-hybridized carbons (Fsp3) is 0.0833. The Balaban J connectivity index is 2.16. The third-order valence-corrected chi connectivity index (χ3v) is 2.81. The first kappa shape index (κ1) is 12.5. The van der Waals surface area contributed by atoms with Gasteiger partial charge in [0.25, 0.3) is 5.91 Å². The second kappa shape index (κ2) is 5.14. The van der Waals surface area contributed by atoms with Gasteiger partial charge in [-0.25, -0.2) is 9.97 Å². The van der Waals surface area contributed by atoms with Crippen molar-refractivity contribution < 1.29 is 4.79 Å². The van der Waals surface area contributed by atoms with Crippen molar-refractivity contribution in [1.29, 1.82) is 0 Å². The van der Waals surface area contributed by atoms with Gasteiger partial charge in [0.15, 0.2) is 5.82 Å². The number of aryl methyl sites for hydroxylation is 1. The summed E-state index contributed by atoms with van der Waals surface area (Å²) in [5.41, 5.74) is 7.77. The van der Waals surface area contributed by atoms with E-state index in [1.165, 1.54) is 12.4 Å². The Morgan fingerprint density at radius 2 is 2.11 bits per heavy atom. The molecule has 0 aliphatic rings. The number of halogens is 1. The summed E-state index contributed by atoms with van der Waals surface area (Å²) in [5, 5.41) is 2.64. The molecule has 3 N–H and O–H groups in total. The number of nitrogens with one attached hydrogen (secondary N) is 1. The fourth-order valence-electron chi connectivity index (χ4n) is 1.35. The van der Waals surface area contributed by atoms with Gasteiger partial charge in [0.2, 0.25) is 0 Å². The van der Waals surface area contributed by atoms with Gasteiger partial charge in [-0.15, -0.1) is 0 Å². The lowest BCUT2D eigenvalue weighted by Crippen LogP contribution is -2.13. The van der Waals surface area contributed by atoms with Crippen molar-refractivity contribution in [2.75, 3.05) is 11.1 Å². The van der Waals surface area contributed by atoms with Crippen LogP contribution in [0.2, 0.25) is 0 Å². The van der Waals surface area contributed by atoms with Crippen molar-refractivity contribution in [3.05, 3.63) is 46.3 Å². The molecule has 1 aromatic carbocycles. The van der Waals surface area contributed by atoms with E-state index in [0.717, 1.165) is 5.56 Å². The van der Waals surface area contributed by atoms with Gasteiger partial charge >= 0.3 is 0 Å². The number of hydrogen-bond donors (Lipinski definition) is 2. The highest BCUT2D eigenvalue weighted by Gasteiger charge is 2.08. The number of benzene rings is 1. The summed E-state index contributed by atoms with van der Waals surface area (Å²) < 4.78 is 0.611. The van der Waals surface area contributed by atoms with Crippen LogP contribution in [0.5, 0.6) is 0 Å². The monoisotopic (exact) mass is 306 g/mol. The minimum Gasteiger partial charge on any atom is -0.398 e. The van der Waals surface area contributed by atoms with Gasteiger partial charge in [-0.3, -0.25) is 4.79 Å². The lowest BCUT2D eigenvalue weighted by atomic mass is 10.1. The van der Waals surface area contributed by atoms with Crippen LogP contribution in [0.1, 0.15) is 15.9 Å². The summed E-state index contributed by atoms with van der Waals surface area (Å²) in [4.78, 5) is 19.9. The molecule has 2 aromatic rings. The zero-order chi connectivity index (χ0) is 13.1. The van der Waals surface area contributed by atoms with Crippen LogP contribution in [0, 0.1) is 6.92 Å². The van der Waals surface area contributed by atoms with Crippen LogP contribution >= 0.6 is 15.9 Å². The normalized spacial score (nSPS) is 10.1. The van der Waals surface area contributed by atoms with Crippen LogP contribution in [0.15, 0.2) is 35.2 Å². The van der Waals surface area contributed by atoms with E-state index in [4.69, 9.17) is 5.73 Å². The third kappa shape index (κ3) is 2.84. The van der Waals surface area contributed by atoms with E-state index in [9.17, 15) is 4.79 Å². The third-order valence-electron chi connectivity index (χ3n) is 2.40. The first-order valence-corrected chi connectivity index (χ1v) is 6.00. The maximum atomic E-state index is 11.9. The van der Waals surface area contributed by atoms with E-state index in [-0.39, 0.29) is 5.91 Å². The maximum absolute atomic E-state index is 11.9. The predicted octanol–water partition coefficient (Wildman–Crippen LogP) is 2.38. The van der Waals surface area contributed by atoms with E-state index >= 15 is 0 Å². The Morgan fingerprint density at radius 1 is 1.33 bits per heavy atom. The number of carbonyl (C=O) groups excluding carboxylic acids is 1. The Hall–Kier alpha value is -1.95. The zero-order valence-corrected chi connectivity index (χ0v) is 11.2. The van der Waals surface area contributed by atoms with Crippen molar-refractivity contribution >= 4 is 33.3 Å². The van der Waals surface area contributed by atoms with E-state index in [1.807, 2.05) is 6.92 Å². The number of rotatable bonds is 2. The highest BCUT2D eigenvalue weighted by molar-refractivity contribution is 9.10. The number of amides is 1. The van der Waals surface area contributed by atoms with E-state index < -0.39 is 0 Å². The van der Waals surface area contributed by atoms with E-state index in [1.54, 1.807) is 18.2 Å². The lowest BCUT2D eigenvalue weighted by Gasteiger charge is -2.06. The van der Waals surface area contributed by atoms with Gasteiger partial charge in [-0.05, 0) is 40.5 Å². The molecular formula is C12H11BrN4O. The number of anilines is 2. The molecule has 1 aromatic heterocycles. The summed E-state index contributed by atoms with van der Waals surface area (Å²) >= 11 is 3.17. The molecule has 2 rings (SSSR count). The van der Waals surface area contributed by atoms with Crippen molar-refractivity contribution in [2.45, 2.75) is 6.92 Å². The van der Waals surface area contributed by atoms with Crippen LogP contribution in [0.4, 0.5) is 11.5 Å². The number of hydrogen-bond acceptors (Lipinski definition) is 4. The van der Waals surface area contributed by atoms with Gasteiger partial charge in [0.05, 0.1) is 12.4 Å². The number of carbonyl (C=O) groups is 1. The van der Waals surface area contributed by atoms with Crippen LogP contribution in [-0.2, 0) is 0 Å². The van der Waals surface area contributed by atoms with Crippen LogP contribution in [0.3, 0.4) is 0 Å². The van der Waals surface area contributed by atoms with Gasteiger partial charge < -0.3 is 11.1 Å². The average Bonchev–Trinajstić information content (AvgIpc) is 2.35. The summed E-state index contributed by atoms with van der Waals surface area (Å²) in [7, 11) is 0. The van der Waals surface area contributed by atoms with E-state index in [0.29, 0.717) is 21.7 Å². The summed E-state index contributed by atoms with van der Waals surface area (Å²) in [6.45, 7) is 1.89. The van der Waals surface area contributed by atoms with Crippen molar-refractivity contribution in [3.8, 4) is 0 Å². The SMILES string of the molecule is Cc1ccc(C(=O)Nc2cnc(Br)cn2)cc1N. The fourth-order valence-corrected chi connectivity index (χ4v) is 1.55. The molecule has 0 aliphatic carbocycles. The van der Waals surface area contributed by atoms with E-state index in [2.05, 4.69) is 31.2 Å². The van der Waals surface area contributed by atoms with Gasteiger partial charge in [0.1, 0.15) is 4.60 Å². The lowest BCUT2D eigenvalue weighted by molar-refractivity contribution is 0.102. The summed E-state index contributed by atoms with van der Waals surface area (Å²) in [6, 6.07) is 5.15. The minimum absolute atomic E-state index is 0.265.